The van der Waals surface area contributed by atoms with E-state index < -0.39 is 24.5 Å². The third kappa shape index (κ3) is 3.71. The molecule has 2 rings (SSSR count). The molecule has 0 aliphatic heterocycles. The molecule has 0 spiro atoms. The monoisotopic (exact) mass is 300 g/mol. The van der Waals surface area contributed by atoms with E-state index in [1.807, 2.05) is 0 Å². The summed E-state index contributed by atoms with van der Waals surface area (Å²) in [4.78, 5) is 12.0. The van der Waals surface area contributed by atoms with Crippen molar-refractivity contribution in [2.45, 2.75) is 32.0 Å². The Bertz CT molecular complexity index is 650. The maximum absolute atomic E-state index is 12.4. The lowest BCUT2D eigenvalue weighted by Gasteiger charge is -2.18. The Morgan fingerprint density at radius 3 is 2.76 bits per heavy atom. The van der Waals surface area contributed by atoms with Crippen LogP contribution in [-0.4, -0.2) is 33.1 Å². The van der Waals surface area contributed by atoms with Crippen LogP contribution in [0, 0.1) is 0 Å². The van der Waals surface area contributed by atoms with Crippen molar-refractivity contribution in [3.8, 4) is 0 Å². The van der Waals surface area contributed by atoms with E-state index in [0.717, 1.165) is 5.52 Å². The molecule has 0 bridgehead atoms. The van der Waals surface area contributed by atoms with E-state index in [1.165, 1.54) is 6.07 Å². The maximum Gasteiger partial charge on any atom is 0.391 e. The zero-order valence-corrected chi connectivity index (χ0v) is 11.6. The standard InChI is InChI=1S/C13H15F3N4O/c1-3-9(7-13(14,15)16)17-12(21)8-4-5-11-10(6-8)18-19-20(11)2/h4-6,9H,3,7H2,1-2H3,(H,17,21). The summed E-state index contributed by atoms with van der Waals surface area (Å²) in [5, 5.41) is 10.1. The third-order valence-electron chi connectivity index (χ3n) is 3.18. The molecule has 1 unspecified atom stereocenters. The molecular weight excluding hydrogens is 285 g/mol. The molecular formula is C13H15F3N4O. The minimum atomic E-state index is -4.30. The molecule has 0 aliphatic carbocycles. The Labute approximate surface area is 119 Å². The first-order chi connectivity index (χ1) is 9.80. The molecule has 0 saturated heterocycles. The molecule has 114 valence electrons. The molecule has 0 saturated carbocycles. The number of halogens is 3. The topological polar surface area (TPSA) is 59.8 Å². The van der Waals surface area contributed by atoms with Gasteiger partial charge in [-0.25, -0.2) is 4.68 Å². The number of hydrogen-bond acceptors (Lipinski definition) is 3. The summed E-state index contributed by atoms with van der Waals surface area (Å²) in [6.45, 7) is 1.60. The van der Waals surface area contributed by atoms with Crippen molar-refractivity contribution in [3.63, 3.8) is 0 Å². The lowest BCUT2D eigenvalue weighted by Crippen LogP contribution is -2.37. The van der Waals surface area contributed by atoms with Gasteiger partial charge in [0.1, 0.15) is 5.52 Å². The fourth-order valence-corrected chi connectivity index (χ4v) is 2.03. The van der Waals surface area contributed by atoms with E-state index >= 15 is 0 Å². The van der Waals surface area contributed by atoms with E-state index in [4.69, 9.17) is 0 Å². The van der Waals surface area contributed by atoms with Crippen LogP contribution in [-0.2, 0) is 7.05 Å². The minimum Gasteiger partial charge on any atom is -0.349 e. The molecule has 21 heavy (non-hydrogen) atoms. The van der Waals surface area contributed by atoms with Crippen LogP contribution in [0.1, 0.15) is 30.1 Å². The molecule has 2 aromatic rings. The number of alkyl halides is 3. The zero-order valence-electron chi connectivity index (χ0n) is 11.6. The average Bonchev–Trinajstić information content (AvgIpc) is 2.77. The Morgan fingerprint density at radius 1 is 1.43 bits per heavy atom. The largest absolute Gasteiger partial charge is 0.391 e. The van der Waals surface area contributed by atoms with Crippen LogP contribution < -0.4 is 5.32 Å². The molecule has 0 radical (unpaired) electrons. The van der Waals surface area contributed by atoms with Gasteiger partial charge < -0.3 is 5.32 Å². The predicted octanol–water partition coefficient (Wildman–Crippen LogP) is 2.43. The molecule has 0 fully saturated rings. The van der Waals surface area contributed by atoms with Crippen LogP contribution in [0.5, 0.6) is 0 Å². The van der Waals surface area contributed by atoms with Crippen LogP contribution in [0.2, 0.25) is 0 Å². The van der Waals surface area contributed by atoms with E-state index in [9.17, 15) is 18.0 Å². The van der Waals surface area contributed by atoms with Crippen LogP contribution >= 0.6 is 0 Å². The van der Waals surface area contributed by atoms with Crippen molar-refractivity contribution >= 4 is 16.9 Å². The fraction of sp³-hybridized carbons (Fsp3) is 0.462. The van der Waals surface area contributed by atoms with Gasteiger partial charge >= 0.3 is 6.18 Å². The number of rotatable bonds is 4. The van der Waals surface area contributed by atoms with E-state index in [-0.39, 0.29) is 12.0 Å². The predicted molar refractivity (Wildman–Crippen MR) is 70.7 cm³/mol. The molecule has 1 N–H and O–H groups in total. The van der Waals surface area contributed by atoms with Crippen LogP contribution in [0.15, 0.2) is 18.2 Å². The number of carbonyl (C=O) groups is 1. The smallest absolute Gasteiger partial charge is 0.349 e. The number of carbonyl (C=O) groups excluding carboxylic acids is 1. The molecule has 1 aromatic heterocycles. The van der Waals surface area contributed by atoms with E-state index in [0.29, 0.717) is 5.52 Å². The van der Waals surface area contributed by atoms with Crippen LogP contribution in [0.3, 0.4) is 0 Å². The lowest BCUT2D eigenvalue weighted by molar-refractivity contribution is -0.139. The second-order valence-corrected chi connectivity index (χ2v) is 4.81. The van der Waals surface area contributed by atoms with Crippen molar-refractivity contribution in [2.24, 2.45) is 7.05 Å². The van der Waals surface area contributed by atoms with Crippen molar-refractivity contribution in [2.75, 3.05) is 0 Å². The quantitative estimate of drug-likeness (QED) is 0.943. The summed E-state index contributed by atoms with van der Waals surface area (Å²) in [5.41, 5.74) is 1.53. The van der Waals surface area contributed by atoms with Crippen molar-refractivity contribution in [1.29, 1.82) is 0 Å². The van der Waals surface area contributed by atoms with Gasteiger partial charge in [0.25, 0.3) is 5.91 Å². The van der Waals surface area contributed by atoms with Gasteiger partial charge in [0.15, 0.2) is 0 Å². The summed E-state index contributed by atoms with van der Waals surface area (Å²) in [6.07, 6.45) is -5.13. The van der Waals surface area contributed by atoms with Gasteiger partial charge in [0.05, 0.1) is 11.9 Å². The average molecular weight is 300 g/mol. The molecule has 5 nitrogen and oxygen atoms in total. The molecule has 1 atom stereocenters. The van der Waals surface area contributed by atoms with E-state index in [1.54, 1.807) is 30.8 Å². The highest BCUT2D eigenvalue weighted by molar-refractivity contribution is 5.97. The Hall–Kier alpha value is -2.12. The molecule has 0 aliphatic rings. The Balaban J connectivity index is 2.13. The van der Waals surface area contributed by atoms with Crippen LogP contribution in [0.25, 0.3) is 11.0 Å². The van der Waals surface area contributed by atoms with Crippen molar-refractivity contribution in [1.82, 2.24) is 20.3 Å². The SMILES string of the molecule is CCC(CC(F)(F)F)NC(=O)c1ccc2c(c1)nnn2C. The maximum atomic E-state index is 12.4. The number of aromatic nitrogens is 3. The number of amides is 1. The Morgan fingerprint density at radius 2 is 2.14 bits per heavy atom. The summed E-state index contributed by atoms with van der Waals surface area (Å²) >= 11 is 0. The molecule has 1 amide bonds. The normalized spacial score (nSPS) is 13.4. The van der Waals surface area contributed by atoms with Gasteiger partial charge in [-0.15, -0.1) is 5.10 Å². The summed E-state index contributed by atoms with van der Waals surface area (Å²) < 4.78 is 38.7. The molecule has 1 heterocycles. The van der Waals surface area contributed by atoms with Gasteiger partial charge in [0.2, 0.25) is 0 Å². The number of hydrogen-bond donors (Lipinski definition) is 1. The lowest BCUT2D eigenvalue weighted by atomic mass is 10.1. The first kappa shape index (κ1) is 15.3. The van der Waals surface area contributed by atoms with Gasteiger partial charge in [-0.05, 0) is 24.6 Å². The van der Waals surface area contributed by atoms with Crippen LogP contribution in [0.4, 0.5) is 13.2 Å². The highest BCUT2D eigenvalue weighted by atomic mass is 19.4. The number of aryl methyl sites for hydroxylation is 1. The highest BCUT2D eigenvalue weighted by Crippen LogP contribution is 2.23. The van der Waals surface area contributed by atoms with Gasteiger partial charge in [-0.1, -0.05) is 12.1 Å². The fourth-order valence-electron chi connectivity index (χ4n) is 2.03. The molecule has 1 aromatic carbocycles. The zero-order chi connectivity index (χ0) is 15.6. The number of nitrogens with zero attached hydrogens (tertiary/aromatic N) is 3. The van der Waals surface area contributed by atoms with Gasteiger partial charge in [-0.2, -0.15) is 13.2 Å². The van der Waals surface area contributed by atoms with Gasteiger partial charge in [-0.3, -0.25) is 4.79 Å². The summed E-state index contributed by atoms with van der Waals surface area (Å²) in [7, 11) is 1.71. The summed E-state index contributed by atoms with van der Waals surface area (Å²) in [5.74, 6) is -0.543. The minimum absolute atomic E-state index is 0.207. The summed E-state index contributed by atoms with van der Waals surface area (Å²) in [6, 6.07) is 3.78. The second kappa shape index (κ2) is 5.71. The highest BCUT2D eigenvalue weighted by Gasteiger charge is 2.31. The van der Waals surface area contributed by atoms with Crippen molar-refractivity contribution in [3.05, 3.63) is 23.8 Å². The number of fused-ring (bicyclic) bond motifs is 1. The van der Waals surface area contributed by atoms with E-state index in [2.05, 4.69) is 15.6 Å². The number of benzene rings is 1. The first-order valence-electron chi connectivity index (χ1n) is 6.47. The molecule has 8 heteroatoms. The van der Waals surface area contributed by atoms with Gasteiger partial charge in [0, 0.05) is 18.7 Å². The Kier molecular flexibility index (Phi) is 4.15. The second-order valence-electron chi connectivity index (χ2n) is 4.81. The number of nitrogens with one attached hydrogen (secondary N) is 1. The first-order valence-corrected chi connectivity index (χ1v) is 6.47. The third-order valence-corrected chi connectivity index (χ3v) is 3.18. The van der Waals surface area contributed by atoms with Crippen molar-refractivity contribution < 1.29 is 18.0 Å².